The SMILES string of the molecule is CCN(C(=O)C1CNCCN1)c1ccccc1F. The van der Waals surface area contributed by atoms with Crippen molar-refractivity contribution in [2.24, 2.45) is 0 Å². The quantitative estimate of drug-likeness (QED) is 0.833. The Balaban J connectivity index is 2.17. The fourth-order valence-electron chi connectivity index (χ4n) is 2.13. The second-order valence-electron chi connectivity index (χ2n) is 4.24. The number of benzene rings is 1. The molecule has 0 aromatic heterocycles. The predicted molar refractivity (Wildman–Crippen MR) is 69.1 cm³/mol. The number of nitrogens with zero attached hydrogens (tertiary/aromatic N) is 1. The molecule has 1 aliphatic rings. The summed E-state index contributed by atoms with van der Waals surface area (Å²) < 4.78 is 13.7. The van der Waals surface area contributed by atoms with Crippen LogP contribution >= 0.6 is 0 Å². The topological polar surface area (TPSA) is 44.4 Å². The number of halogens is 1. The molecule has 1 unspecified atom stereocenters. The second-order valence-corrected chi connectivity index (χ2v) is 4.24. The van der Waals surface area contributed by atoms with Crippen LogP contribution in [-0.2, 0) is 4.79 Å². The highest BCUT2D eigenvalue weighted by Gasteiger charge is 2.26. The number of likely N-dealkylation sites (N-methyl/N-ethyl adjacent to an activating group) is 1. The summed E-state index contributed by atoms with van der Waals surface area (Å²) in [5, 5.41) is 6.30. The van der Waals surface area contributed by atoms with E-state index >= 15 is 0 Å². The molecule has 1 aromatic rings. The first-order valence-electron chi connectivity index (χ1n) is 6.24. The predicted octanol–water partition coefficient (Wildman–Crippen LogP) is 0.740. The Morgan fingerprint density at radius 2 is 2.22 bits per heavy atom. The van der Waals surface area contributed by atoms with E-state index < -0.39 is 0 Å². The van der Waals surface area contributed by atoms with Gasteiger partial charge in [0.2, 0.25) is 5.91 Å². The summed E-state index contributed by atoms with van der Waals surface area (Å²) in [7, 11) is 0. The number of rotatable bonds is 3. The number of hydrogen-bond acceptors (Lipinski definition) is 3. The van der Waals surface area contributed by atoms with E-state index in [-0.39, 0.29) is 17.8 Å². The zero-order valence-electron chi connectivity index (χ0n) is 10.4. The Kier molecular flexibility index (Phi) is 4.28. The minimum Gasteiger partial charge on any atom is -0.313 e. The monoisotopic (exact) mass is 251 g/mol. The molecule has 5 heteroatoms. The summed E-state index contributed by atoms with van der Waals surface area (Å²) in [4.78, 5) is 13.8. The van der Waals surface area contributed by atoms with E-state index in [4.69, 9.17) is 0 Å². The van der Waals surface area contributed by atoms with Crippen LogP contribution in [0.2, 0.25) is 0 Å². The molecular weight excluding hydrogens is 233 g/mol. The smallest absolute Gasteiger partial charge is 0.245 e. The van der Waals surface area contributed by atoms with Gasteiger partial charge in [0.25, 0.3) is 0 Å². The van der Waals surface area contributed by atoms with Crippen LogP contribution < -0.4 is 15.5 Å². The molecule has 98 valence electrons. The maximum Gasteiger partial charge on any atom is 0.245 e. The Bertz CT molecular complexity index is 418. The van der Waals surface area contributed by atoms with E-state index in [1.807, 2.05) is 6.92 Å². The van der Waals surface area contributed by atoms with Crippen LogP contribution in [0.25, 0.3) is 0 Å². The van der Waals surface area contributed by atoms with Crippen LogP contribution in [-0.4, -0.2) is 38.1 Å². The molecule has 4 nitrogen and oxygen atoms in total. The standard InChI is InChI=1S/C13H18FN3O/c1-2-17(12-6-4-3-5-10(12)14)13(18)11-9-15-7-8-16-11/h3-6,11,15-16H,2,7-9H2,1H3. The lowest BCUT2D eigenvalue weighted by Gasteiger charge is -2.30. The Morgan fingerprint density at radius 1 is 1.44 bits per heavy atom. The fourth-order valence-corrected chi connectivity index (χ4v) is 2.13. The lowest BCUT2D eigenvalue weighted by Crippen LogP contribution is -2.56. The normalized spacial score (nSPS) is 19.6. The van der Waals surface area contributed by atoms with Crippen molar-refractivity contribution in [3.63, 3.8) is 0 Å². The van der Waals surface area contributed by atoms with Gasteiger partial charge in [0, 0.05) is 26.2 Å². The van der Waals surface area contributed by atoms with Crippen molar-refractivity contribution in [1.82, 2.24) is 10.6 Å². The van der Waals surface area contributed by atoms with Gasteiger partial charge in [-0.25, -0.2) is 4.39 Å². The summed E-state index contributed by atoms with van der Waals surface area (Å²) in [5.74, 6) is -0.453. The van der Waals surface area contributed by atoms with E-state index in [0.29, 0.717) is 18.8 Å². The van der Waals surface area contributed by atoms with Crippen molar-refractivity contribution in [3.05, 3.63) is 30.1 Å². The molecule has 2 rings (SSSR count). The molecule has 0 saturated carbocycles. The second kappa shape index (κ2) is 5.93. The molecule has 1 amide bonds. The zero-order valence-corrected chi connectivity index (χ0v) is 10.4. The number of carbonyl (C=O) groups is 1. The number of amides is 1. The van der Waals surface area contributed by atoms with Crippen LogP contribution in [0.3, 0.4) is 0 Å². The molecule has 1 aromatic carbocycles. The molecule has 1 saturated heterocycles. The van der Waals surface area contributed by atoms with Crippen molar-refractivity contribution < 1.29 is 9.18 Å². The van der Waals surface area contributed by atoms with Crippen molar-refractivity contribution in [2.75, 3.05) is 31.1 Å². The van der Waals surface area contributed by atoms with Crippen molar-refractivity contribution in [2.45, 2.75) is 13.0 Å². The van der Waals surface area contributed by atoms with Gasteiger partial charge >= 0.3 is 0 Å². The van der Waals surface area contributed by atoms with Crippen molar-refractivity contribution in [1.29, 1.82) is 0 Å². The lowest BCUT2D eigenvalue weighted by atomic mass is 10.2. The molecule has 1 heterocycles. The van der Waals surface area contributed by atoms with Gasteiger partial charge in [0.1, 0.15) is 5.82 Å². The molecule has 18 heavy (non-hydrogen) atoms. The number of piperazine rings is 1. The summed E-state index contributed by atoms with van der Waals surface area (Å²) in [6.45, 7) is 4.50. The Labute approximate surface area is 106 Å². The summed E-state index contributed by atoms with van der Waals surface area (Å²) in [6, 6.07) is 6.09. The van der Waals surface area contributed by atoms with Gasteiger partial charge < -0.3 is 15.5 Å². The number of anilines is 1. The number of hydrogen-bond donors (Lipinski definition) is 2. The molecular formula is C13H18FN3O. The largest absolute Gasteiger partial charge is 0.313 e. The van der Waals surface area contributed by atoms with Gasteiger partial charge in [-0.2, -0.15) is 0 Å². The first-order chi connectivity index (χ1) is 8.74. The first-order valence-corrected chi connectivity index (χ1v) is 6.24. The third-order valence-corrected chi connectivity index (χ3v) is 3.06. The summed E-state index contributed by atoms with van der Waals surface area (Å²) in [5.41, 5.74) is 0.345. The van der Waals surface area contributed by atoms with Gasteiger partial charge in [0.15, 0.2) is 0 Å². The Morgan fingerprint density at radius 3 is 2.83 bits per heavy atom. The highest BCUT2D eigenvalue weighted by atomic mass is 19.1. The average Bonchev–Trinajstić information content (AvgIpc) is 2.42. The molecule has 1 fully saturated rings. The summed E-state index contributed by atoms with van der Waals surface area (Å²) in [6.07, 6.45) is 0. The lowest BCUT2D eigenvalue weighted by molar-refractivity contribution is -0.120. The highest BCUT2D eigenvalue weighted by Crippen LogP contribution is 2.19. The van der Waals surface area contributed by atoms with E-state index in [1.54, 1.807) is 18.2 Å². The van der Waals surface area contributed by atoms with Crippen molar-refractivity contribution >= 4 is 11.6 Å². The van der Waals surface area contributed by atoms with E-state index in [2.05, 4.69) is 10.6 Å². The molecule has 0 radical (unpaired) electrons. The Hall–Kier alpha value is -1.46. The number of carbonyl (C=O) groups excluding carboxylic acids is 1. The van der Waals surface area contributed by atoms with Gasteiger partial charge in [-0.15, -0.1) is 0 Å². The van der Waals surface area contributed by atoms with Gasteiger partial charge in [-0.05, 0) is 19.1 Å². The van der Waals surface area contributed by atoms with Crippen LogP contribution in [0, 0.1) is 5.82 Å². The van der Waals surface area contributed by atoms with Crippen LogP contribution in [0.1, 0.15) is 6.92 Å². The van der Waals surface area contributed by atoms with Crippen LogP contribution in [0.5, 0.6) is 0 Å². The maximum atomic E-state index is 13.7. The minimum absolute atomic E-state index is 0.0881. The van der Waals surface area contributed by atoms with Gasteiger partial charge in [0.05, 0.1) is 11.7 Å². The van der Waals surface area contributed by atoms with Crippen LogP contribution in [0.15, 0.2) is 24.3 Å². The molecule has 0 spiro atoms. The van der Waals surface area contributed by atoms with E-state index in [1.165, 1.54) is 11.0 Å². The summed E-state index contributed by atoms with van der Waals surface area (Å²) >= 11 is 0. The molecule has 0 aliphatic carbocycles. The molecule has 0 bridgehead atoms. The molecule has 1 aliphatic heterocycles. The van der Waals surface area contributed by atoms with Gasteiger partial charge in [-0.3, -0.25) is 4.79 Å². The zero-order chi connectivity index (χ0) is 13.0. The van der Waals surface area contributed by atoms with Crippen LogP contribution in [0.4, 0.5) is 10.1 Å². The third kappa shape index (κ3) is 2.68. The minimum atomic E-state index is -0.364. The van der Waals surface area contributed by atoms with Gasteiger partial charge in [-0.1, -0.05) is 12.1 Å². The number of nitrogens with one attached hydrogen (secondary N) is 2. The fraction of sp³-hybridized carbons (Fsp3) is 0.462. The number of para-hydroxylation sites is 1. The van der Waals surface area contributed by atoms with E-state index in [9.17, 15) is 9.18 Å². The molecule has 1 atom stereocenters. The maximum absolute atomic E-state index is 13.7. The third-order valence-electron chi connectivity index (χ3n) is 3.06. The highest BCUT2D eigenvalue weighted by molar-refractivity contribution is 5.97. The molecule has 2 N–H and O–H groups in total. The average molecular weight is 251 g/mol. The van der Waals surface area contributed by atoms with E-state index in [0.717, 1.165) is 13.1 Å². The first kappa shape index (κ1) is 13.0. The van der Waals surface area contributed by atoms with Crippen molar-refractivity contribution in [3.8, 4) is 0 Å².